The summed E-state index contributed by atoms with van der Waals surface area (Å²) in [6.07, 6.45) is 0. The van der Waals surface area contributed by atoms with Crippen molar-refractivity contribution in [3.8, 4) is 33.4 Å². The number of nitrogens with zero attached hydrogens (tertiary/aromatic N) is 1. The molecule has 2 spiro atoms. The fourth-order valence-corrected chi connectivity index (χ4v) is 14.0. The third kappa shape index (κ3) is 4.86. The molecule has 1 heteroatoms. The van der Waals surface area contributed by atoms with Crippen molar-refractivity contribution in [3.05, 3.63) is 340 Å². The highest BCUT2D eigenvalue weighted by Crippen LogP contribution is 2.68. The summed E-state index contributed by atoms with van der Waals surface area (Å²) < 4.78 is 0. The Morgan fingerprint density at radius 3 is 0.957 bits per heavy atom. The quantitative estimate of drug-likeness (QED) is 0.166. The van der Waals surface area contributed by atoms with Gasteiger partial charge in [-0.2, -0.15) is 0 Å². The highest BCUT2D eigenvalue weighted by molar-refractivity contribution is 5.96. The second-order valence-corrected chi connectivity index (χ2v) is 19.4. The third-order valence-corrected chi connectivity index (χ3v) is 16.4. The molecule has 15 rings (SSSR count). The molecule has 4 aliphatic carbocycles. The van der Waals surface area contributed by atoms with E-state index in [4.69, 9.17) is 0 Å². The van der Waals surface area contributed by atoms with Gasteiger partial charge in [-0.1, -0.05) is 237 Å². The number of benzene rings is 11. The summed E-state index contributed by atoms with van der Waals surface area (Å²) in [4.78, 5) is 2.47. The molecule has 0 aromatic heterocycles. The smallest absolute Gasteiger partial charge is 0.0720 e. The van der Waals surface area contributed by atoms with Crippen molar-refractivity contribution < 1.29 is 0 Å². The minimum absolute atomic E-state index is 0.477. The Labute approximate surface area is 409 Å². The Hall–Kier alpha value is -8.78. The van der Waals surface area contributed by atoms with Crippen molar-refractivity contribution in [2.75, 3.05) is 4.90 Å². The lowest BCUT2D eigenvalue weighted by Gasteiger charge is -2.48. The molecule has 11 aromatic rings. The third-order valence-electron chi connectivity index (χ3n) is 16.4. The first kappa shape index (κ1) is 39.2. The van der Waals surface area contributed by atoms with Crippen LogP contribution in [-0.2, 0) is 16.2 Å². The number of rotatable bonds is 5. The molecule has 0 heterocycles. The molecule has 326 valence electrons. The second-order valence-electron chi connectivity index (χ2n) is 19.4. The molecule has 11 aromatic carbocycles. The molecule has 0 bridgehead atoms. The Kier molecular flexibility index (Phi) is 8.19. The van der Waals surface area contributed by atoms with E-state index in [2.05, 4.69) is 278 Å². The van der Waals surface area contributed by atoms with Gasteiger partial charge in [0, 0.05) is 17.1 Å². The van der Waals surface area contributed by atoms with Crippen molar-refractivity contribution in [2.45, 2.75) is 16.2 Å². The van der Waals surface area contributed by atoms with Crippen LogP contribution in [0.15, 0.2) is 273 Å². The number of anilines is 3. The Bertz CT molecular complexity index is 3770. The minimum Gasteiger partial charge on any atom is -0.310 e. The van der Waals surface area contributed by atoms with Gasteiger partial charge < -0.3 is 4.90 Å². The zero-order valence-electron chi connectivity index (χ0n) is 38.4. The first-order valence-electron chi connectivity index (χ1n) is 24.6. The van der Waals surface area contributed by atoms with E-state index >= 15 is 0 Å². The number of hydrogen-bond donors (Lipinski definition) is 0. The maximum absolute atomic E-state index is 2.48. The summed E-state index contributed by atoms with van der Waals surface area (Å²) in [5.41, 5.74) is 25.4. The van der Waals surface area contributed by atoms with E-state index in [1.165, 1.54) is 100 Å². The average Bonchev–Trinajstić information content (AvgIpc) is 4.02. The van der Waals surface area contributed by atoms with Crippen molar-refractivity contribution in [2.24, 2.45) is 0 Å². The van der Waals surface area contributed by atoms with E-state index in [9.17, 15) is 0 Å². The summed E-state index contributed by atoms with van der Waals surface area (Å²) in [5, 5.41) is 0. The van der Waals surface area contributed by atoms with Crippen LogP contribution in [0.25, 0.3) is 33.4 Å². The molecule has 1 nitrogen and oxygen atoms in total. The van der Waals surface area contributed by atoms with Crippen LogP contribution in [0.5, 0.6) is 0 Å². The van der Waals surface area contributed by atoms with E-state index in [0.717, 1.165) is 17.1 Å². The zero-order valence-corrected chi connectivity index (χ0v) is 38.4. The van der Waals surface area contributed by atoms with Gasteiger partial charge in [0.15, 0.2) is 0 Å². The molecule has 0 N–H and O–H groups in total. The first-order chi connectivity index (χ1) is 34.7. The molecular weight excluding hydrogens is 843 g/mol. The van der Waals surface area contributed by atoms with E-state index in [0.29, 0.717) is 0 Å². The zero-order chi connectivity index (χ0) is 46.0. The highest BCUT2D eigenvalue weighted by Gasteiger charge is 2.59. The molecule has 0 atom stereocenters. The topological polar surface area (TPSA) is 3.24 Å². The van der Waals surface area contributed by atoms with Crippen LogP contribution in [0.4, 0.5) is 17.1 Å². The van der Waals surface area contributed by atoms with Crippen LogP contribution < -0.4 is 4.90 Å². The van der Waals surface area contributed by atoms with Gasteiger partial charge in [-0.25, -0.2) is 0 Å². The van der Waals surface area contributed by atoms with Crippen LogP contribution in [0, 0.1) is 0 Å². The Balaban J connectivity index is 0.978. The van der Waals surface area contributed by atoms with Crippen LogP contribution in [0.2, 0.25) is 0 Å². The maximum Gasteiger partial charge on any atom is 0.0720 e. The largest absolute Gasteiger partial charge is 0.310 e. The monoisotopic (exact) mass is 887 g/mol. The molecule has 0 amide bonds. The highest BCUT2D eigenvalue weighted by atomic mass is 15.1. The SMILES string of the molecule is c1ccc(N(c2ccc3c(c2)-c2ccccc2C32c3ccccc3C3(c4ccccc4-c4ccccc43)c3ccccc32)c2ccc3c(c2)C(c2ccccc2)(c2ccccc2)c2ccccc2-3)cc1. The summed E-state index contributed by atoms with van der Waals surface area (Å²) >= 11 is 0. The van der Waals surface area contributed by atoms with Gasteiger partial charge in [-0.15, -0.1) is 0 Å². The fraction of sp³-hybridized carbons (Fsp3) is 0.0435. The normalized spacial score (nSPS) is 14.9. The van der Waals surface area contributed by atoms with Crippen LogP contribution in [-0.4, -0.2) is 0 Å². The van der Waals surface area contributed by atoms with Crippen molar-refractivity contribution >= 4 is 17.1 Å². The molecule has 0 aliphatic heterocycles. The van der Waals surface area contributed by atoms with E-state index < -0.39 is 16.2 Å². The van der Waals surface area contributed by atoms with Gasteiger partial charge in [0.05, 0.1) is 16.2 Å². The van der Waals surface area contributed by atoms with Crippen LogP contribution >= 0.6 is 0 Å². The van der Waals surface area contributed by atoms with Crippen molar-refractivity contribution in [3.63, 3.8) is 0 Å². The fourth-order valence-electron chi connectivity index (χ4n) is 14.0. The standard InChI is InChI=1S/C69H45N/c1-4-22-46(23-5-1)67(47-24-6-2-7-25-47)57-32-14-10-30-53(57)55-42-40-50(45-66(55)67)70(48-26-8-3-9-27-48)49-41-43-61-56(44-49)54-31-13-17-35-60(54)69(61)64-38-20-18-36-62(64)68(63-37-19-21-39-65(63)69)58-33-15-11-28-51(58)52-29-12-16-34-59(52)68/h1-45H. The summed E-state index contributed by atoms with van der Waals surface area (Å²) in [6, 6.07) is 103. The lowest BCUT2D eigenvalue weighted by molar-refractivity contribution is 0.633. The predicted molar refractivity (Wildman–Crippen MR) is 287 cm³/mol. The Morgan fingerprint density at radius 1 is 0.186 bits per heavy atom. The lowest BCUT2D eigenvalue weighted by Crippen LogP contribution is -2.43. The lowest BCUT2D eigenvalue weighted by atomic mass is 9.52. The molecule has 0 saturated heterocycles. The minimum atomic E-state index is -0.558. The summed E-state index contributed by atoms with van der Waals surface area (Å²) in [7, 11) is 0. The van der Waals surface area contributed by atoms with Crippen molar-refractivity contribution in [1.82, 2.24) is 0 Å². The Morgan fingerprint density at radius 2 is 0.500 bits per heavy atom. The number of fused-ring (bicyclic) bond motifs is 19. The van der Waals surface area contributed by atoms with Crippen LogP contribution in [0.3, 0.4) is 0 Å². The van der Waals surface area contributed by atoms with Gasteiger partial charge in [-0.3, -0.25) is 0 Å². The molecule has 0 saturated carbocycles. The second kappa shape index (κ2) is 14.6. The first-order valence-corrected chi connectivity index (χ1v) is 24.6. The average molecular weight is 888 g/mol. The summed E-state index contributed by atoms with van der Waals surface area (Å²) in [5.74, 6) is 0. The van der Waals surface area contributed by atoms with E-state index in [1.54, 1.807) is 0 Å². The molecule has 0 unspecified atom stereocenters. The number of hydrogen-bond acceptors (Lipinski definition) is 1. The van der Waals surface area contributed by atoms with E-state index in [-0.39, 0.29) is 0 Å². The molecule has 0 radical (unpaired) electrons. The summed E-state index contributed by atoms with van der Waals surface area (Å²) in [6.45, 7) is 0. The van der Waals surface area contributed by atoms with Gasteiger partial charge in [0.2, 0.25) is 0 Å². The molecular formula is C69H45N. The maximum atomic E-state index is 2.48. The van der Waals surface area contributed by atoms with Gasteiger partial charge >= 0.3 is 0 Å². The van der Waals surface area contributed by atoms with Gasteiger partial charge in [-0.05, 0) is 137 Å². The van der Waals surface area contributed by atoms with Crippen molar-refractivity contribution in [1.29, 1.82) is 0 Å². The van der Waals surface area contributed by atoms with Gasteiger partial charge in [0.25, 0.3) is 0 Å². The van der Waals surface area contributed by atoms with Crippen LogP contribution in [0.1, 0.15) is 66.8 Å². The molecule has 4 aliphatic rings. The molecule has 0 fully saturated rings. The van der Waals surface area contributed by atoms with Gasteiger partial charge in [0.1, 0.15) is 0 Å². The van der Waals surface area contributed by atoms with E-state index in [1.807, 2.05) is 0 Å². The number of para-hydroxylation sites is 1. The predicted octanol–water partition coefficient (Wildman–Crippen LogP) is 16.6. The molecule has 70 heavy (non-hydrogen) atoms.